The van der Waals surface area contributed by atoms with Gasteiger partial charge in [0, 0.05) is 17.1 Å². The highest BCUT2D eigenvalue weighted by atomic mass is 79.9. The Labute approximate surface area is 110 Å². The van der Waals surface area contributed by atoms with Gasteiger partial charge in [-0.3, -0.25) is 0 Å². The van der Waals surface area contributed by atoms with Crippen LogP contribution in [0.25, 0.3) is 11.4 Å². The zero-order valence-corrected chi connectivity index (χ0v) is 11.0. The molecule has 0 fully saturated rings. The predicted molar refractivity (Wildman–Crippen MR) is 68.4 cm³/mol. The second-order valence-electron chi connectivity index (χ2n) is 3.44. The molecule has 3 rings (SSSR count). The van der Waals surface area contributed by atoms with Crippen LogP contribution in [0.1, 0.15) is 0 Å². The molecule has 0 unspecified atom stereocenters. The highest BCUT2D eigenvalue weighted by molar-refractivity contribution is 9.10. The maximum absolute atomic E-state index is 5.57. The highest BCUT2D eigenvalue weighted by Gasteiger charge is 2.18. The Morgan fingerprint density at radius 3 is 2.88 bits per heavy atom. The van der Waals surface area contributed by atoms with Gasteiger partial charge in [0.1, 0.15) is 13.2 Å². The van der Waals surface area contributed by atoms with Crippen LogP contribution in [-0.2, 0) is 0 Å². The zero-order chi connectivity index (χ0) is 11.8. The van der Waals surface area contributed by atoms with Gasteiger partial charge in [-0.25, -0.2) is 0 Å². The van der Waals surface area contributed by atoms with Crippen LogP contribution in [0.5, 0.6) is 11.5 Å². The summed E-state index contributed by atoms with van der Waals surface area (Å²) < 4.78 is 16.0. The first-order valence-corrected chi connectivity index (χ1v) is 6.49. The van der Waals surface area contributed by atoms with E-state index in [1.54, 1.807) is 0 Å². The Balaban J connectivity index is 2.10. The van der Waals surface area contributed by atoms with Gasteiger partial charge in [-0.1, -0.05) is 0 Å². The Bertz CT molecular complexity index is 573. The monoisotopic (exact) mass is 313 g/mol. The van der Waals surface area contributed by atoms with E-state index < -0.39 is 0 Å². The predicted octanol–water partition coefficient (Wildman–Crippen LogP) is 2.32. The minimum Gasteiger partial charge on any atom is -0.486 e. The number of nitrogens with zero attached hydrogens (tertiary/aromatic N) is 2. The number of benzene rings is 1. The average molecular weight is 314 g/mol. The van der Waals surface area contributed by atoms with E-state index in [1.165, 1.54) is 11.5 Å². The summed E-state index contributed by atoms with van der Waals surface area (Å²) in [6.45, 7) is 1.11. The molecule has 7 heteroatoms. The number of halogens is 1. The van der Waals surface area contributed by atoms with Crippen molar-refractivity contribution >= 4 is 32.6 Å². The van der Waals surface area contributed by atoms with Crippen molar-refractivity contribution in [2.24, 2.45) is 0 Å². The molecule has 5 nitrogen and oxygen atoms in total. The molecule has 1 aliphatic rings. The van der Waals surface area contributed by atoms with Crippen LogP contribution in [0.2, 0.25) is 0 Å². The van der Waals surface area contributed by atoms with E-state index in [9.17, 15) is 0 Å². The van der Waals surface area contributed by atoms with Gasteiger partial charge in [-0.2, -0.15) is 9.36 Å². The van der Waals surface area contributed by atoms with Crippen molar-refractivity contribution in [2.45, 2.75) is 0 Å². The summed E-state index contributed by atoms with van der Waals surface area (Å²) in [5, 5.41) is 0.450. The van der Waals surface area contributed by atoms with Gasteiger partial charge in [-0.15, -0.1) is 0 Å². The fourth-order valence-electron chi connectivity index (χ4n) is 1.59. The minimum atomic E-state index is 0.450. The van der Waals surface area contributed by atoms with E-state index in [-0.39, 0.29) is 0 Å². The molecule has 88 valence electrons. The van der Waals surface area contributed by atoms with Gasteiger partial charge in [0.05, 0.1) is 4.47 Å². The number of aromatic nitrogens is 2. The molecule has 0 aliphatic carbocycles. The third-order valence-electron chi connectivity index (χ3n) is 2.30. The molecule has 0 atom stereocenters. The smallest absolute Gasteiger partial charge is 0.200 e. The quantitative estimate of drug-likeness (QED) is 0.875. The van der Waals surface area contributed by atoms with E-state index >= 15 is 0 Å². The van der Waals surface area contributed by atoms with Gasteiger partial charge < -0.3 is 15.2 Å². The number of nitrogen functional groups attached to an aromatic ring is 1. The standard InChI is InChI=1S/C10H8BrN3O2S/c11-6-3-5(9-13-10(12)17-14-9)4-7-8(6)16-2-1-15-7/h3-4H,1-2H2,(H2,12,13,14). The molecule has 1 aromatic carbocycles. The minimum absolute atomic E-state index is 0.450. The Morgan fingerprint density at radius 1 is 1.29 bits per heavy atom. The normalized spacial score (nSPS) is 13.7. The summed E-state index contributed by atoms with van der Waals surface area (Å²) in [5.41, 5.74) is 6.42. The molecule has 2 N–H and O–H groups in total. The topological polar surface area (TPSA) is 70.3 Å². The second-order valence-corrected chi connectivity index (χ2v) is 5.08. The lowest BCUT2D eigenvalue weighted by Gasteiger charge is -2.19. The zero-order valence-electron chi connectivity index (χ0n) is 8.64. The molecule has 0 radical (unpaired) electrons. The summed E-state index contributed by atoms with van der Waals surface area (Å²) in [7, 11) is 0. The fraction of sp³-hybridized carbons (Fsp3) is 0.200. The summed E-state index contributed by atoms with van der Waals surface area (Å²) in [5.74, 6) is 2.03. The van der Waals surface area contributed by atoms with Crippen LogP contribution in [0, 0.1) is 0 Å². The lowest BCUT2D eigenvalue weighted by Crippen LogP contribution is -2.15. The number of ether oxygens (including phenoxy) is 2. The van der Waals surface area contributed by atoms with Gasteiger partial charge >= 0.3 is 0 Å². The van der Waals surface area contributed by atoms with Crippen LogP contribution in [0.15, 0.2) is 16.6 Å². The summed E-state index contributed by atoms with van der Waals surface area (Å²) in [4.78, 5) is 4.14. The molecular weight excluding hydrogens is 306 g/mol. The van der Waals surface area contributed by atoms with Crippen molar-refractivity contribution in [3.8, 4) is 22.9 Å². The van der Waals surface area contributed by atoms with Crippen LogP contribution in [-0.4, -0.2) is 22.6 Å². The van der Waals surface area contributed by atoms with Crippen molar-refractivity contribution in [3.63, 3.8) is 0 Å². The maximum atomic E-state index is 5.57. The molecule has 1 aromatic heterocycles. The molecule has 0 bridgehead atoms. The summed E-state index contributed by atoms with van der Waals surface area (Å²) in [6, 6.07) is 3.76. The number of rotatable bonds is 1. The summed E-state index contributed by atoms with van der Waals surface area (Å²) >= 11 is 4.62. The van der Waals surface area contributed by atoms with Crippen LogP contribution in [0.4, 0.5) is 5.13 Å². The molecule has 0 amide bonds. The number of anilines is 1. The van der Waals surface area contributed by atoms with E-state index in [4.69, 9.17) is 15.2 Å². The van der Waals surface area contributed by atoms with E-state index in [0.717, 1.165) is 15.8 Å². The number of hydrogen-bond acceptors (Lipinski definition) is 6. The van der Waals surface area contributed by atoms with Crippen molar-refractivity contribution in [1.29, 1.82) is 0 Å². The highest BCUT2D eigenvalue weighted by Crippen LogP contribution is 2.40. The van der Waals surface area contributed by atoms with Gasteiger partial charge in [0.15, 0.2) is 22.5 Å². The van der Waals surface area contributed by atoms with Crippen LogP contribution >= 0.6 is 27.5 Å². The van der Waals surface area contributed by atoms with E-state index in [0.29, 0.717) is 29.9 Å². The van der Waals surface area contributed by atoms with Gasteiger partial charge in [0.25, 0.3) is 0 Å². The van der Waals surface area contributed by atoms with E-state index in [2.05, 4.69) is 25.3 Å². The van der Waals surface area contributed by atoms with Crippen molar-refractivity contribution in [1.82, 2.24) is 9.36 Å². The third kappa shape index (κ3) is 1.96. The molecular formula is C10H8BrN3O2S. The lowest BCUT2D eigenvalue weighted by atomic mass is 10.2. The van der Waals surface area contributed by atoms with Crippen LogP contribution in [0.3, 0.4) is 0 Å². The molecule has 17 heavy (non-hydrogen) atoms. The average Bonchev–Trinajstić information content (AvgIpc) is 2.76. The number of nitrogens with two attached hydrogens (primary N) is 1. The molecule has 0 saturated carbocycles. The summed E-state index contributed by atoms with van der Waals surface area (Å²) in [6.07, 6.45) is 0. The van der Waals surface area contributed by atoms with Gasteiger partial charge in [-0.05, 0) is 28.1 Å². The number of fused-ring (bicyclic) bond motifs is 1. The largest absolute Gasteiger partial charge is 0.486 e. The second kappa shape index (κ2) is 4.15. The van der Waals surface area contributed by atoms with E-state index in [1.807, 2.05) is 12.1 Å². The number of hydrogen-bond donors (Lipinski definition) is 1. The van der Waals surface area contributed by atoms with Gasteiger partial charge in [0.2, 0.25) is 0 Å². The first kappa shape index (κ1) is 10.8. The lowest BCUT2D eigenvalue weighted by molar-refractivity contribution is 0.170. The third-order valence-corrected chi connectivity index (χ3v) is 3.43. The molecule has 0 saturated heterocycles. The SMILES string of the molecule is Nc1nc(-c2cc(Br)c3c(c2)OCCO3)ns1. The fourth-order valence-corrected chi connectivity index (χ4v) is 2.60. The van der Waals surface area contributed by atoms with Crippen molar-refractivity contribution in [3.05, 3.63) is 16.6 Å². The molecule has 0 spiro atoms. The first-order chi connectivity index (χ1) is 8.24. The van der Waals surface area contributed by atoms with Crippen molar-refractivity contribution in [2.75, 3.05) is 18.9 Å². The van der Waals surface area contributed by atoms with Crippen LogP contribution < -0.4 is 15.2 Å². The Hall–Kier alpha value is -1.34. The maximum Gasteiger partial charge on any atom is 0.200 e. The van der Waals surface area contributed by atoms with Crippen molar-refractivity contribution < 1.29 is 9.47 Å². The Kier molecular flexibility index (Phi) is 2.64. The molecule has 1 aliphatic heterocycles. The Morgan fingerprint density at radius 2 is 2.12 bits per heavy atom. The molecule has 2 heterocycles. The first-order valence-electron chi connectivity index (χ1n) is 4.93. The molecule has 2 aromatic rings.